The number of hydrogen-bond acceptors (Lipinski definition) is 7. The molecule has 0 saturated carbocycles. The third kappa shape index (κ3) is 4.15. The summed E-state index contributed by atoms with van der Waals surface area (Å²) >= 11 is 0. The van der Waals surface area contributed by atoms with Crippen molar-refractivity contribution in [1.82, 2.24) is 25.3 Å². The van der Waals surface area contributed by atoms with Gasteiger partial charge in [-0.15, -0.1) is 0 Å². The van der Waals surface area contributed by atoms with Gasteiger partial charge in [0.05, 0.1) is 0 Å². The molecule has 1 fully saturated rings. The molecule has 8 nitrogen and oxygen atoms in total. The zero-order valence-corrected chi connectivity index (χ0v) is 16.6. The van der Waals surface area contributed by atoms with E-state index in [9.17, 15) is 4.79 Å². The lowest BCUT2D eigenvalue weighted by molar-refractivity contribution is 0.0952. The Balaban J connectivity index is 1.77. The monoisotopic (exact) mass is 369 g/mol. The summed E-state index contributed by atoms with van der Waals surface area (Å²) in [6.07, 6.45) is 1.84. The number of rotatable bonds is 5. The highest BCUT2D eigenvalue weighted by Gasteiger charge is 2.27. The van der Waals surface area contributed by atoms with Crippen molar-refractivity contribution in [2.45, 2.75) is 46.6 Å². The Morgan fingerprint density at radius 2 is 2.00 bits per heavy atom. The molecule has 3 heterocycles. The van der Waals surface area contributed by atoms with Gasteiger partial charge in [0.25, 0.3) is 5.91 Å². The fourth-order valence-corrected chi connectivity index (χ4v) is 3.27. The lowest BCUT2D eigenvalue weighted by Gasteiger charge is -2.21. The summed E-state index contributed by atoms with van der Waals surface area (Å²) < 4.78 is 0. The average Bonchev–Trinajstić information content (AvgIpc) is 3.10. The van der Waals surface area contributed by atoms with E-state index in [2.05, 4.69) is 42.4 Å². The van der Waals surface area contributed by atoms with Crippen LogP contribution in [0.3, 0.4) is 0 Å². The van der Waals surface area contributed by atoms with Crippen molar-refractivity contribution in [1.29, 1.82) is 0 Å². The van der Waals surface area contributed by atoms with E-state index in [1.165, 1.54) is 0 Å². The van der Waals surface area contributed by atoms with Gasteiger partial charge in [0.15, 0.2) is 0 Å². The number of anilines is 2. The van der Waals surface area contributed by atoms with Crippen molar-refractivity contribution in [3.8, 4) is 0 Å². The van der Waals surface area contributed by atoms with Gasteiger partial charge in [-0.2, -0.15) is 0 Å². The summed E-state index contributed by atoms with van der Waals surface area (Å²) in [7, 11) is 1.59. The van der Waals surface area contributed by atoms with Gasteiger partial charge in [-0.05, 0) is 39.7 Å². The maximum absolute atomic E-state index is 12.0. The second kappa shape index (κ2) is 7.85. The molecule has 1 aliphatic heterocycles. The largest absolute Gasteiger partial charge is 0.354 e. The van der Waals surface area contributed by atoms with Crippen molar-refractivity contribution in [2.75, 3.05) is 30.4 Å². The molecule has 3 rings (SSSR count). The number of carbonyl (C=O) groups excluding carboxylic acids is 1. The van der Waals surface area contributed by atoms with Gasteiger partial charge in [0, 0.05) is 48.8 Å². The van der Waals surface area contributed by atoms with Gasteiger partial charge >= 0.3 is 0 Å². The van der Waals surface area contributed by atoms with Gasteiger partial charge in [-0.25, -0.2) is 19.9 Å². The van der Waals surface area contributed by atoms with Gasteiger partial charge in [-0.3, -0.25) is 4.79 Å². The predicted molar refractivity (Wildman–Crippen MR) is 105 cm³/mol. The van der Waals surface area contributed by atoms with Crippen LogP contribution in [0.25, 0.3) is 0 Å². The van der Waals surface area contributed by atoms with Crippen molar-refractivity contribution < 1.29 is 4.79 Å². The first-order chi connectivity index (χ1) is 12.9. The molecule has 0 spiro atoms. The number of aryl methyl sites for hydroxylation is 3. The van der Waals surface area contributed by atoms with Crippen LogP contribution < -0.4 is 15.5 Å². The minimum absolute atomic E-state index is 0.210. The third-order valence-corrected chi connectivity index (χ3v) is 4.88. The van der Waals surface area contributed by atoms with Gasteiger partial charge < -0.3 is 15.5 Å². The Morgan fingerprint density at radius 1 is 1.22 bits per heavy atom. The van der Waals surface area contributed by atoms with Crippen molar-refractivity contribution in [3.63, 3.8) is 0 Å². The number of amides is 1. The van der Waals surface area contributed by atoms with Crippen LogP contribution in [0.2, 0.25) is 0 Å². The molecule has 1 aliphatic rings. The van der Waals surface area contributed by atoms with Crippen LogP contribution >= 0.6 is 0 Å². The molecule has 0 radical (unpaired) electrons. The fourth-order valence-electron chi connectivity index (χ4n) is 3.27. The molecular weight excluding hydrogens is 342 g/mol. The third-order valence-electron chi connectivity index (χ3n) is 4.88. The van der Waals surface area contributed by atoms with Gasteiger partial charge in [0.1, 0.15) is 5.82 Å². The van der Waals surface area contributed by atoms with Crippen LogP contribution in [0.4, 0.5) is 11.8 Å². The van der Waals surface area contributed by atoms with Gasteiger partial charge in [0.2, 0.25) is 11.8 Å². The molecule has 2 aromatic rings. The summed E-state index contributed by atoms with van der Waals surface area (Å²) in [6.45, 7) is 9.62. The number of hydrogen-bond donors (Lipinski definition) is 2. The zero-order valence-electron chi connectivity index (χ0n) is 16.6. The van der Waals surface area contributed by atoms with E-state index < -0.39 is 0 Å². The SMILES string of the molecule is CCc1cc(C)nc(N[C@@H]2CCN(c3nc(C(=O)NC)nc(C)c3C)C2)n1. The molecule has 0 aliphatic carbocycles. The van der Waals surface area contributed by atoms with Crippen LogP contribution in [-0.2, 0) is 6.42 Å². The van der Waals surface area contributed by atoms with Crippen LogP contribution in [0.5, 0.6) is 0 Å². The van der Waals surface area contributed by atoms with E-state index >= 15 is 0 Å². The van der Waals surface area contributed by atoms with E-state index in [1.807, 2.05) is 26.8 Å². The summed E-state index contributed by atoms with van der Waals surface area (Å²) in [5, 5.41) is 6.04. The summed E-state index contributed by atoms with van der Waals surface area (Å²) in [5.74, 6) is 1.44. The maximum atomic E-state index is 12.0. The molecule has 8 heteroatoms. The first-order valence-electron chi connectivity index (χ1n) is 9.34. The highest BCUT2D eigenvalue weighted by Crippen LogP contribution is 2.25. The molecule has 1 amide bonds. The first-order valence-corrected chi connectivity index (χ1v) is 9.34. The summed E-state index contributed by atoms with van der Waals surface area (Å²) in [5.41, 5.74) is 3.84. The summed E-state index contributed by atoms with van der Waals surface area (Å²) in [6, 6.07) is 2.24. The minimum atomic E-state index is -0.270. The molecule has 0 aromatic carbocycles. The Hall–Kier alpha value is -2.77. The van der Waals surface area contributed by atoms with Crippen LogP contribution in [0, 0.1) is 20.8 Å². The fraction of sp³-hybridized carbons (Fsp3) is 0.526. The Labute approximate surface area is 159 Å². The van der Waals surface area contributed by atoms with Crippen LogP contribution in [0.1, 0.15) is 46.6 Å². The van der Waals surface area contributed by atoms with Crippen LogP contribution in [-0.4, -0.2) is 52.0 Å². The Kier molecular flexibility index (Phi) is 5.53. The average molecular weight is 369 g/mol. The molecule has 2 aromatic heterocycles. The van der Waals surface area contributed by atoms with E-state index in [-0.39, 0.29) is 17.8 Å². The first kappa shape index (κ1) is 19.0. The molecule has 1 atom stereocenters. The molecule has 0 bridgehead atoms. The zero-order chi connectivity index (χ0) is 19.6. The van der Waals surface area contributed by atoms with E-state index in [4.69, 9.17) is 0 Å². The standard InChI is InChI=1S/C19H27N7O/c1-6-14-9-11(2)21-19(23-14)24-15-7-8-26(10-15)17-12(3)13(4)22-16(25-17)18(27)20-5/h9,15H,6-8,10H2,1-5H3,(H,20,27)(H,21,23,24)/t15-/m1/s1. The smallest absolute Gasteiger partial charge is 0.288 e. The van der Waals surface area contributed by atoms with Crippen molar-refractivity contribution >= 4 is 17.7 Å². The topological polar surface area (TPSA) is 95.9 Å². The van der Waals surface area contributed by atoms with Crippen molar-refractivity contribution in [2.24, 2.45) is 0 Å². The Morgan fingerprint density at radius 3 is 2.70 bits per heavy atom. The number of carbonyl (C=O) groups is 1. The molecular formula is C19H27N7O. The lowest BCUT2D eigenvalue weighted by atomic mass is 10.2. The number of nitrogens with zero attached hydrogens (tertiary/aromatic N) is 5. The second-order valence-electron chi connectivity index (χ2n) is 6.91. The second-order valence-corrected chi connectivity index (χ2v) is 6.91. The normalized spacial score (nSPS) is 16.5. The maximum Gasteiger partial charge on any atom is 0.288 e. The number of aromatic nitrogens is 4. The van der Waals surface area contributed by atoms with E-state index in [1.54, 1.807) is 7.05 Å². The molecule has 2 N–H and O–H groups in total. The molecule has 1 saturated heterocycles. The Bertz CT molecular complexity index is 852. The highest BCUT2D eigenvalue weighted by molar-refractivity contribution is 5.90. The molecule has 144 valence electrons. The van der Waals surface area contributed by atoms with Crippen molar-refractivity contribution in [3.05, 3.63) is 34.5 Å². The quantitative estimate of drug-likeness (QED) is 0.830. The minimum Gasteiger partial charge on any atom is -0.354 e. The summed E-state index contributed by atoms with van der Waals surface area (Å²) in [4.78, 5) is 32.1. The van der Waals surface area contributed by atoms with Crippen LogP contribution in [0.15, 0.2) is 6.07 Å². The predicted octanol–water partition coefficient (Wildman–Crippen LogP) is 1.80. The van der Waals surface area contributed by atoms with E-state index in [0.717, 1.165) is 54.4 Å². The lowest BCUT2D eigenvalue weighted by Crippen LogP contribution is -2.29. The number of nitrogens with one attached hydrogen (secondary N) is 2. The molecule has 0 unspecified atom stereocenters. The molecule has 27 heavy (non-hydrogen) atoms. The van der Waals surface area contributed by atoms with E-state index in [0.29, 0.717) is 5.95 Å². The highest BCUT2D eigenvalue weighted by atomic mass is 16.2. The van der Waals surface area contributed by atoms with Gasteiger partial charge in [-0.1, -0.05) is 6.92 Å².